The van der Waals surface area contributed by atoms with Gasteiger partial charge < -0.3 is 10.6 Å². The standard InChI is InChI=1S/C15H23ClN2/c1-18(2)14-10-12(6-7-13(14)16)15(11-17)8-4-3-5-9-15/h6-7,10H,3-5,8-9,11,17H2,1-2H3. The molecule has 0 aliphatic heterocycles. The Hall–Kier alpha value is -0.730. The van der Waals surface area contributed by atoms with Crippen molar-refractivity contribution in [3.8, 4) is 0 Å². The molecule has 0 saturated heterocycles. The molecule has 1 aromatic rings. The SMILES string of the molecule is CN(C)c1cc(C2(CN)CCCCC2)ccc1Cl. The summed E-state index contributed by atoms with van der Waals surface area (Å²) in [5.74, 6) is 0. The first-order chi connectivity index (χ1) is 8.59. The van der Waals surface area contributed by atoms with Gasteiger partial charge in [0, 0.05) is 26.1 Å². The molecule has 0 unspecified atom stereocenters. The highest BCUT2D eigenvalue weighted by molar-refractivity contribution is 6.33. The van der Waals surface area contributed by atoms with Crippen LogP contribution in [0.15, 0.2) is 18.2 Å². The van der Waals surface area contributed by atoms with E-state index in [2.05, 4.69) is 17.0 Å². The molecule has 100 valence electrons. The monoisotopic (exact) mass is 266 g/mol. The van der Waals surface area contributed by atoms with Gasteiger partial charge in [-0.05, 0) is 30.5 Å². The second kappa shape index (κ2) is 5.50. The second-order valence-electron chi connectivity index (χ2n) is 5.61. The number of nitrogens with zero attached hydrogens (tertiary/aromatic N) is 1. The third kappa shape index (κ3) is 2.50. The van der Waals surface area contributed by atoms with Crippen LogP contribution >= 0.6 is 11.6 Å². The van der Waals surface area contributed by atoms with Gasteiger partial charge in [-0.1, -0.05) is 36.9 Å². The average molecular weight is 267 g/mol. The third-order valence-electron chi connectivity index (χ3n) is 4.24. The summed E-state index contributed by atoms with van der Waals surface area (Å²) >= 11 is 6.25. The Labute approximate surface area is 115 Å². The Bertz CT molecular complexity index is 409. The van der Waals surface area contributed by atoms with Gasteiger partial charge in [-0.25, -0.2) is 0 Å². The molecule has 2 rings (SSSR count). The van der Waals surface area contributed by atoms with E-state index in [-0.39, 0.29) is 5.41 Å². The van der Waals surface area contributed by atoms with Crippen LogP contribution in [0.1, 0.15) is 37.7 Å². The van der Waals surface area contributed by atoms with Crippen molar-refractivity contribution in [2.24, 2.45) is 5.73 Å². The van der Waals surface area contributed by atoms with Crippen molar-refractivity contribution in [3.63, 3.8) is 0 Å². The second-order valence-corrected chi connectivity index (χ2v) is 6.01. The lowest BCUT2D eigenvalue weighted by atomic mass is 9.69. The van der Waals surface area contributed by atoms with Crippen LogP contribution in [0.5, 0.6) is 0 Å². The zero-order valence-corrected chi connectivity index (χ0v) is 12.1. The van der Waals surface area contributed by atoms with Gasteiger partial charge in [-0.3, -0.25) is 0 Å². The Balaban J connectivity index is 2.39. The van der Waals surface area contributed by atoms with E-state index >= 15 is 0 Å². The van der Waals surface area contributed by atoms with Crippen LogP contribution in [0.25, 0.3) is 0 Å². The smallest absolute Gasteiger partial charge is 0.0639 e. The van der Waals surface area contributed by atoms with Crippen LogP contribution < -0.4 is 10.6 Å². The van der Waals surface area contributed by atoms with Crippen LogP contribution in [0, 0.1) is 0 Å². The summed E-state index contributed by atoms with van der Waals surface area (Å²) in [5.41, 5.74) is 8.71. The van der Waals surface area contributed by atoms with Gasteiger partial charge in [-0.15, -0.1) is 0 Å². The normalized spacial score (nSPS) is 18.7. The Morgan fingerprint density at radius 2 is 1.89 bits per heavy atom. The molecular weight excluding hydrogens is 244 g/mol. The summed E-state index contributed by atoms with van der Waals surface area (Å²) in [6, 6.07) is 6.40. The molecule has 0 heterocycles. The van der Waals surface area contributed by atoms with Crippen LogP contribution in [0.4, 0.5) is 5.69 Å². The minimum absolute atomic E-state index is 0.174. The molecule has 0 spiro atoms. The molecule has 0 bridgehead atoms. The zero-order valence-electron chi connectivity index (χ0n) is 11.4. The summed E-state index contributed by atoms with van der Waals surface area (Å²) in [4.78, 5) is 2.07. The fraction of sp³-hybridized carbons (Fsp3) is 0.600. The maximum Gasteiger partial charge on any atom is 0.0639 e. The van der Waals surface area contributed by atoms with Crippen molar-refractivity contribution >= 4 is 17.3 Å². The van der Waals surface area contributed by atoms with Crippen LogP contribution in [0.2, 0.25) is 5.02 Å². The first-order valence-electron chi connectivity index (χ1n) is 6.76. The van der Waals surface area contributed by atoms with E-state index in [1.807, 2.05) is 20.2 Å². The van der Waals surface area contributed by atoms with Gasteiger partial charge in [0.25, 0.3) is 0 Å². The van der Waals surface area contributed by atoms with Crippen molar-refractivity contribution in [2.75, 3.05) is 25.5 Å². The van der Waals surface area contributed by atoms with Gasteiger partial charge in [0.05, 0.1) is 10.7 Å². The molecule has 1 saturated carbocycles. The van der Waals surface area contributed by atoms with E-state index in [1.54, 1.807) is 0 Å². The molecule has 0 amide bonds. The van der Waals surface area contributed by atoms with Crippen LogP contribution in [0.3, 0.4) is 0 Å². The quantitative estimate of drug-likeness (QED) is 0.906. The fourth-order valence-electron chi connectivity index (χ4n) is 3.02. The van der Waals surface area contributed by atoms with Crippen molar-refractivity contribution < 1.29 is 0 Å². The van der Waals surface area contributed by atoms with Gasteiger partial charge >= 0.3 is 0 Å². The number of hydrogen-bond acceptors (Lipinski definition) is 2. The van der Waals surface area contributed by atoms with E-state index in [0.717, 1.165) is 17.3 Å². The van der Waals surface area contributed by atoms with Crippen LogP contribution in [-0.4, -0.2) is 20.6 Å². The molecule has 1 aliphatic rings. The molecule has 0 aromatic heterocycles. The van der Waals surface area contributed by atoms with Gasteiger partial charge in [0.2, 0.25) is 0 Å². The molecule has 0 atom stereocenters. The van der Waals surface area contributed by atoms with E-state index < -0.39 is 0 Å². The predicted molar refractivity (Wildman–Crippen MR) is 79.6 cm³/mol. The predicted octanol–water partition coefficient (Wildman–Crippen LogP) is 3.57. The van der Waals surface area contributed by atoms with Crippen molar-refractivity contribution in [1.82, 2.24) is 0 Å². The lowest BCUT2D eigenvalue weighted by Gasteiger charge is -2.37. The Morgan fingerprint density at radius 3 is 2.44 bits per heavy atom. The lowest BCUT2D eigenvalue weighted by Crippen LogP contribution is -2.37. The summed E-state index contributed by atoms with van der Waals surface area (Å²) < 4.78 is 0. The van der Waals surface area contributed by atoms with Crippen molar-refractivity contribution in [1.29, 1.82) is 0 Å². The van der Waals surface area contributed by atoms with E-state index in [4.69, 9.17) is 17.3 Å². The minimum atomic E-state index is 0.174. The highest BCUT2D eigenvalue weighted by Crippen LogP contribution is 2.40. The van der Waals surface area contributed by atoms with Crippen molar-refractivity contribution in [3.05, 3.63) is 28.8 Å². The molecule has 18 heavy (non-hydrogen) atoms. The highest BCUT2D eigenvalue weighted by atomic mass is 35.5. The maximum atomic E-state index is 6.25. The molecule has 2 nitrogen and oxygen atoms in total. The molecule has 1 aromatic carbocycles. The highest BCUT2D eigenvalue weighted by Gasteiger charge is 2.32. The van der Waals surface area contributed by atoms with E-state index in [9.17, 15) is 0 Å². The fourth-order valence-corrected chi connectivity index (χ4v) is 3.31. The summed E-state index contributed by atoms with van der Waals surface area (Å²) in [7, 11) is 4.06. The molecule has 1 aliphatic carbocycles. The maximum absolute atomic E-state index is 6.25. The summed E-state index contributed by atoms with van der Waals surface area (Å²) in [6.45, 7) is 0.738. The first-order valence-corrected chi connectivity index (χ1v) is 7.14. The zero-order chi connectivity index (χ0) is 13.2. The van der Waals surface area contributed by atoms with Gasteiger partial charge in [0.15, 0.2) is 0 Å². The molecule has 3 heteroatoms. The van der Waals surface area contributed by atoms with Crippen molar-refractivity contribution in [2.45, 2.75) is 37.5 Å². The summed E-state index contributed by atoms with van der Waals surface area (Å²) in [6.07, 6.45) is 6.33. The van der Waals surface area contributed by atoms with Gasteiger partial charge in [-0.2, -0.15) is 0 Å². The number of benzene rings is 1. The number of nitrogens with two attached hydrogens (primary N) is 1. The van der Waals surface area contributed by atoms with Gasteiger partial charge in [0.1, 0.15) is 0 Å². The Kier molecular flexibility index (Phi) is 4.18. The molecule has 2 N–H and O–H groups in total. The molecule has 1 fully saturated rings. The average Bonchev–Trinajstić information content (AvgIpc) is 2.39. The topological polar surface area (TPSA) is 29.3 Å². The number of rotatable bonds is 3. The summed E-state index contributed by atoms with van der Waals surface area (Å²) in [5, 5.41) is 0.812. The number of halogens is 1. The first kappa shape index (κ1) is 13.7. The Morgan fingerprint density at radius 1 is 1.22 bits per heavy atom. The number of hydrogen-bond donors (Lipinski definition) is 1. The lowest BCUT2D eigenvalue weighted by molar-refractivity contribution is 0.301. The van der Waals surface area contributed by atoms with E-state index in [0.29, 0.717) is 0 Å². The molecule has 0 radical (unpaired) electrons. The van der Waals surface area contributed by atoms with E-state index in [1.165, 1.54) is 37.7 Å². The largest absolute Gasteiger partial charge is 0.376 e. The minimum Gasteiger partial charge on any atom is -0.376 e. The molecular formula is C15H23ClN2. The van der Waals surface area contributed by atoms with Crippen LogP contribution in [-0.2, 0) is 5.41 Å². The third-order valence-corrected chi connectivity index (χ3v) is 4.56. The number of anilines is 1.